The third kappa shape index (κ3) is 2.33. The number of benzene rings is 1. The number of hydrogen-bond donors (Lipinski definition) is 1. The first-order chi connectivity index (χ1) is 9.34. The molecule has 3 aromatic rings. The zero-order valence-electron chi connectivity index (χ0n) is 10.2. The minimum atomic E-state index is -0.339. The minimum Gasteiger partial charge on any atom is -0.457 e. The van der Waals surface area contributed by atoms with Crippen LogP contribution in [0.5, 0.6) is 0 Å². The summed E-state index contributed by atoms with van der Waals surface area (Å²) < 4.78 is 5.28. The Balaban J connectivity index is 1.81. The summed E-state index contributed by atoms with van der Waals surface area (Å²) in [5.74, 6) is -0.339. The van der Waals surface area contributed by atoms with E-state index < -0.39 is 0 Å². The maximum absolute atomic E-state index is 11.8. The van der Waals surface area contributed by atoms with E-state index in [4.69, 9.17) is 4.74 Å². The lowest BCUT2D eigenvalue weighted by Crippen LogP contribution is -2.04. The smallest absolute Gasteiger partial charge is 0.340 e. The van der Waals surface area contributed by atoms with E-state index in [-0.39, 0.29) is 12.6 Å². The maximum atomic E-state index is 11.8. The molecule has 94 valence electrons. The second kappa shape index (κ2) is 4.94. The van der Waals surface area contributed by atoms with Gasteiger partial charge in [-0.05, 0) is 11.5 Å². The third-order valence-electron chi connectivity index (χ3n) is 2.94. The molecule has 0 aliphatic carbocycles. The summed E-state index contributed by atoms with van der Waals surface area (Å²) in [7, 11) is 0. The summed E-state index contributed by atoms with van der Waals surface area (Å²) in [5, 5.41) is 2.09. The lowest BCUT2D eigenvalue weighted by molar-refractivity contribution is 0.0474. The highest BCUT2D eigenvalue weighted by Gasteiger charge is 2.08. The van der Waals surface area contributed by atoms with Gasteiger partial charge >= 0.3 is 5.97 Å². The van der Waals surface area contributed by atoms with Crippen molar-refractivity contribution in [2.45, 2.75) is 6.61 Å². The first-order valence-electron chi connectivity index (χ1n) is 5.96. The van der Waals surface area contributed by atoms with E-state index in [1.807, 2.05) is 24.3 Å². The molecular weight excluding hydrogens is 240 g/mol. The van der Waals surface area contributed by atoms with E-state index >= 15 is 0 Å². The van der Waals surface area contributed by atoms with E-state index in [0.29, 0.717) is 5.56 Å². The fourth-order valence-electron chi connectivity index (χ4n) is 1.97. The van der Waals surface area contributed by atoms with Gasteiger partial charge in [0.05, 0.1) is 5.56 Å². The minimum absolute atomic E-state index is 0.221. The molecule has 0 saturated heterocycles. The van der Waals surface area contributed by atoms with Crippen molar-refractivity contribution in [1.82, 2.24) is 9.97 Å². The number of rotatable bonds is 3. The number of ether oxygens (including phenoxy) is 1. The Hall–Kier alpha value is -2.62. The average molecular weight is 252 g/mol. The molecule has 4 heteroatoms. The molecule has 0 fully saturated rings. The molecule has 0 radical (unpaired) electrons. The second-order valence-corrected chi connectivity index (χ2v) is 4.20. The van der Waals surface area contributed by atoms with Gasteiger partial charge in [0.2, 0.25) is 0 Å². The normalized spacial score (nSPS) is 10.5. The van der Waals surface area contributed by atoms with Crippen LogP contribution in [0.2, 0.25) is 0 Å². The Morgan fingerprint density at radius 1 is 1.21 bits per heavy atom. The SMILES string of the molecule is O=C(OCc1cncc2ccccc12)c1cc[nH]c1. The summed E-state index contributed by atoms with van der Waals surface area (Å²) >= 11 is 0. The maximum Gasteiger partial charge on any atom is 0.340 e. The number of aromatic nitrogens is 2. The van der Waals surface area contributed by atoms with Gasteiger partial charge in [-0.1, -0.05) is 24.3 Å². The predicted molar refractivity (Wildman–Crippen MR) is 71.7 cm³/mol. The third-order valence-corrected chi connectivity index (χ3v) is 2.94. The highest BCUT2D eigenvalue weighted by molar-refractivity contribution is 5.89. The van der Waals surface area contributed by atoms with Crippen LogP contribution < -0.4 is 0 Å². The Kier molecular flexibility index (Phi) is 2.98. The van der Waals surface area contributed by atoms with Gasteiger partial charge in [0.1, 0.15) is 6.61 Å². The van der Waals surface area contributed by atoms with Gasteiger partial charge in [-0.15, -0.1) is 0 Å². The van der Waals surface area contributed by atoms with Crippen molar-refractivity contribution in [3.05, 3.63) is 66.2 Å². The van der Waals surface area contributed by atoms with Crippen molar-refractivity contribution in [2.75, 3.05) is 0 Å². The number of pyridine rings is 1. The highest BCUT2D eigenvalue weighted by atomic mass is 16.5. The number of fused-ring (bicyclic) bond motifs is 1. The van der Waals surface area contributed by atoms with Gasteiger partial charge < -0.3 is 9.72 Å². The zero-order chi connectivity index (χ0) is 13.1. The molecule has 2 aromatic heterocycles. The lowest BCUT2D eigenvalue weighted by atomic mass is 10.1. The van der Waals surface area contributed by atoms with Crippen LogP contribution in [-0.4, -0.2) is 15.9 Å². The van der Waals surface area contributed by atoms with Crippen LogP contribution in [0.3, 0.4) is 0 Å². The predicted octanol–water partition coefficient (Wildman–Crippen LogP) is 2.92. The van der Waals surface area contributed by atoms with Gasteiger partial charge in [0.25, 0.3) is 0 Å². The van der Waals surface area contributed by atoms with Gasteiger partial charge in [0, 0.05) is 35.7 Å². The summed E-state index contributed by atoms with van der Waals surface area (Å²) in [6.45, 7) is 0.221. The zero-order valence-corrected chi connectivity index (χ0v) is 10.2. The van der Waals surface area contributed by atoms with Crippen LogP contribution in [0.15, 0.2) is 55.1 Å². The van der Waals surface area contributed by atoms with E-state index in [2.05, 4.69) is 9.97 Å². The van der Waals surface area contributed by atoms with Crippen molar-refractivity contribution >= 4 is 16.7 Å². The molecule has 2 heterocycles. The molecule has 0 atom stereocenters. The standard InChI is InChI=1S/C15H12N2O2/c18-15(12-5-6-16-8-12)19-10-13-9-17-7-11-3-1-2-4-14(11)13/h1-9,16H,10H2. The second-order valence-electron chi connectivity index (χ2n) is 4.20. The van der Waals surface area contributed by atoms with E-state index in [1.54, 1.807) is 30.9 Å². The number of aromatic amines is 1. The molecule has 0 aliphatic rings. The van der Waals surface area contributed by atoms with Gasteiger partial charge in [-0.25, -0.2) is 4.79 Å². The topological polar surface area (TPSA) is 55.0 Å². The van der Waals surface area contributed by atoms with Gasteiger partial charge in [0.15, 0.2) is 0 Å². The first-order valence-corrected chi connectivity index (χ1v) is 5.96. The highest BCUT2D eigenvalue weighted by Crippen LogP contribution is 2.18. The molecule has 0 saturated carbocycles. The van der Waals surface area contributed by atoms with Crippen LogP contribution in [0.25, 0.3) is 10.8 Å². The van der Waals surface area contributed by atoms with Crippen LogP contribution >= 0.6 is 0 Å². The lowest BCUT2D eigenvalue weighted by Gasteiger charge is -2.06. The van der Waals surface area contributed by atoms with Gasteiger partial charge in [-0.2, -0.15) is 0 Å². The first kappa shape index (κ1) is 11.5. The summed E-state index contributed by atoms with van der Waals surface area (Å²) in [6, 6.07) is 9.58. The molecule has 0 unspecified atom stereocenters. The van der Waals surface area contributed by atoms with Crippen molar-refractivity contribution in [3.63, 3.8) is 0 Å². The number of carbonyl (C=O) groups excluding carboxylic acids is 1. The number of H-pyrrole nitrogens is 1. The Morgan fingerprint density at radius 3 is 2.95 bits per heavy atom. The molecular formula is C15H12N2O2. The summed E-state index contributed by atoms with van der Waals surface area (Å²) in [5.41, 5.74) is 1.43. The molecule has 0 bridgehead atoms. The number of nitrogens with one attached hydrogen (secondary N) is 1. The monoisotopic (exact) mass is 252 g/mol. The average Bonchev–Trinajstić information content (AvgIpc) is 2.99. The van der Waals surface area contributed by atoms with E-state index in [1.165, 1.54) is 0 Å². The van der Waals surface area contributed by atoms with Crippen molar-refractivity contribution in [3.8, 4) is 0 Å². The number of nitrogens with zero attached hydrogens (tertiary/aromatic N) is 1. The molecule has 4 nitrogen and oxygen atoms in total. The van der Waals surface area contributed by atoms with E-state index in [9.17, 15) is 4.79 Å². The number of carbonyl (C=O) groups is 1. The van der Waals surface area contributed by atoms with E-state index in [0.717, 1.165) is 16.3 Å². The molecule has 1 aromatic carbocycles. The largest absolute Gasteiger partial charge is 0.457 e. The quantitative estimate of drug-likeness (QED) is 0.729. The summed E-state index contributed by atoms with van der Waals surface area (Å²) in [6.07, 6.45) is 6.83. The molecule has 1 N–H and O–H groups in total. The van der Waals surface area contributed by atoms with Crippen LogP contribution in [0, 0.1) is 0 Å². The summed E-state index contributed by atoms with van der Waals surface area (Å²) in [4.78, 5) is 18.7. The van der Waals surface area contributed by atoms with Crippen LogP contribution in [-0.2, 0) is 11.3 Å². The Labute approximate surface area is 110 Å². The van der Waals surface area contributed by atoms with Crippen molar-refractivity contribution in [1.29, 1.82) is 0 Å². The molecule has 0 amide bonds. The molecule has 0 aliphatic heterocycles. The Morgan fingerprint density at radius 2 is 2.11 bits per heavy atom. The fourth-order valence-corrected chi connectivity index (χ4v) is 1.97. The number of esters is 1. The van der Waals surface area contributed by atoms with Crippen molar-refractivity contribution in [2.24, 2.45) is 0 Å². The number of hydrogen-bond acceptors (Lipinski definition) is 3. The van der Waals surface area contributed by atoms with Gasteiger partial charge in [-0.3, -0.25) is 4.98 Å². The van der Waals surface area contributed by atoms with Crippen LogP contribution in [0.4, 0.5) is 0 Å². The Bertz CT molecular complexity index is 700. The van der Waals surface area contributed by atoms with Crippen LogP contribution in [0.1, 0.15) is 15.9 Å². The molecule has 19 heavy (non-hydrogen) atoms. The fraction of sp³-hybridized carbons (Fsp3) is 0.0667. The van der Waals surface area contributed by atoms with Crippen molar-refractivity contribution < 1.29 is 9.53 Å². The molecule has 0 spiro atoms. The molecule has 3 rings (SSSR count).